The van der Waals surface area contributed by atoms with E-state index in [9.17, 15) is 10.5 Å². The number of nitrogens with zero attached hydrogens (tertiary/aromatic N) is 3. The number of amidine groups is 1. The molecule has 5 atom stereocenters. The molecule has 23 heavy (non-hydrogen) atoms. The van der Waals surface area contributed by atoms with Gasteiger partial charge in [-0.25, -0.2) is 4.99 Å². The third-order valence-corrected chi connectivity index (χ3v) is 5.69. The van der Waals surface area contributed by atoms with E-state index < -0.39 is 22.2 Å². The molecule has 3 aliphatic rings. The Kier molecular flexibility index (Phi) is 2.42. The van der Waals surface area contributed by atoms with Crippen molar-refractivity contribution in [1.82, 2.24) is 0 Å². The smallest absolute Gasteiger partial charge is 0.294 e. The van der Waals surface area contributed by atoms with Gasteiger partial charge in [0.2, 0.25) is 0 Å². The molecule has 6 nitrogen and oxygen atoms in total. The van der Waals surface area contributed by atoms with Crippen LogP contribution in [0.1, 0.15) is 19.4 Å². The molecule has 2 aliphatic heterocycles. The predicted molar refractivity (Wildman–Crippen MR) is 80.7 cm³/mol. The Morgan fingerprint density at radius 2 is 1.96 bits per heavy atom. The zero-order valence-corrected chi connectivity index (χ0v) is 12.9. The molecule has 2 fully saturated rings. The topological polar surface area (TPSA) is 104 Å². The van der Waals surface area contributed by atoms with E-state index in [1.807, 2.05) is 44.2 Å². The summed E-state index contributed by atoms with van der Waals surface area (Å²) in [6, 6.07) is 14.0. The summed E-state index contributed by atoms with van der Waals surface area (Å²) in [4.78, 5) is 4.31. The van der Waals surface area contributed by atoms with Crippen molar-refractivity contribution in [1.29, 1.82) is 10.5 Å². The number of fused-ring (bicyclic) bond motifs is 2. The summed E-state index contributed by atoms with van der Waals surface area (Å²) >= 11 is 0. The molecule has 2 N–H and O–H groups in total. The molecule has 6 heteroatoms. The summed E-state index contributed by atoms with van der Waals surface area (Å²) in [5.41, 5.74) is 3.62. The minimum Gasteiger partial charge on any atom is -0.386 e. The van der Waals surface area contributed by atoms with Gasteiger partial charge in [-0.2, -0.15) is 10.5 Å². The second-order valence-electron chi connectivity index (χ2n) is 6.53. The minimum atomic E-state index is -1.51. The van der Waals surface area contributed by atoms with Gasteiger partial charge in [-0.05, 0) is 12.5 Å². The van der Waals surface area contributed by atoms with Crippen LogP contribution in [0.4, 0.5) is 0 Å². The molecule has 4 rings (SSSR count). The Labute approximate surface area is 134 Å². The summed E-state index contributed by atoms with van der Waals surface area (Å²) in [7, 11) is 0. The Hall–Kier alpha value is -2.41. The van der Waals surface area contributed by atoms with Gasteiger partial charge < -0.3 is 15.2 Å². The lowest BCUT2D eigenvalue weighted by atomic mass is 9.85. The fourth-order valence-electron chi connectivity index (χ4n) is 4.60. The van der Waals surface area contributed by atoms with Crippen molar-refractivity contribution in [2.75, 3.05) is 6.61 Å². The lowest BCUT2D eigenvalue weighted by Crippen LogP contribution is -2.42. The molecule has 1 saturated carbocycles. The summed E-state index contributed by atoms with van der Waals surface area (Å²) in [5, 5.41) is 20.1. The van der Waals surface area contributed by atoms with Crippen LogP contribution in [0, 0.1) is 33.5 Å². The van der Waals surface area contributed by atoms with Gasteiger partial charge in [-0.1, -0.05) is 37.3 Å². The standard InChI is InChI=1S/C17H16N4O2/c1-11-8-22-17(23-11)16(10-19)14(2,12-6-4-3-5-7-12)15(16,9-18)13(20)21-17/h3-7,11H,8H2,1-2H3,(H2,20,21)/t11-,14-,15-,16+,17+/m0/s1. The van der Waals surface area contributed by atoms with Crippen molar-refractivity contribution in [2.24, 2.45) is 21.6 Å². The van der Waals surface area contributed by atoms with Crippen LogP contribution >= 0.6 is 0 Å². The van der Waals surface area contributed by atoms with Crippen molar-refractivity contribution in [3.05, 3.63) is 35.9 Å². The molecule has 0 aromatic heterocycles. The maximum Gasteiger partial charge on any atom is 0.294 e. The highest BCUT2D eigenvalue weighted by Crippen LogP contribution is 2.85. The summed E-state index contributed by atoms with van der Waals surface area (Å²) in [5.74, 6) is -1.40. The van der Waals surface area contributed by atoms with Gasteiger partial charge >= 0.3 is 0 Å². The minimum absolute atomic E-state index is 0.113. The van der Waals surface area contributed by atoms with Crippen LogP contribution in [0.15, 0.2) is 35.3 Å². The highest BCUT2D eigenvalue weighted by molar-refractivity contribution is 6.02. The zero-order valence-electron chi connectivity index (χ0n) is 12.9. The highest BCUT2D eigenvalue weighted by atomic mass is 16.8. The number of nitrogens with two attached hydrogens (primary N) is 1. The third-order valence-electron chi connectivity index (χ3n) is 5.69. The third kappa shape index (κ3) is 1.12. The van der Waals surface area contributed by atoms with Crippen LogP contribution in [0.25, 0.3) is 0 Å². The molecule has 1 aliphatic carbocycles. The molecule has 1 aromatic carbocycles. The molecule has 0 bridgehead atoms. The van der Waals surface area contributed by atoms with Crippen LogP contribution in [-0.4, -0.2) is 24.5 Å². The van der Waals surface area contributed by atoms with Crippen LogP contribution in [0.5, 0.6) is 0 Å². The van der Waals surface area contributed by atoms with E-state index in [0.29, 0.717) is 6.61 Å². The lowest BCUT2D eigenvalue weighted by Gasteiger charge is -2.29. The summed E-state index contributed by atoms with van der Waals surface area (Å²) in [6.45, 7) is 4.03. The van der Waals surface area contributed by atoms with Gasteiger partial charge in [0.1, 0.15) is 5.84 Å². The molecular formula is C17H16N4O2. The molecule has 2 heterocycles. The first-order chi connectivity index (χ1) is 11.0. The van der Waals surface area contributed by atoms with E-state index in [1.165, 1.54) is 0 Å². The molecule has 1 saturated heterocycles. The summed E-state index contributed by atoms with van der Waals surface area (Å²) < 4.78 is 11.7. The van der Waals surface area contributed by atoms with Gasteiger partial charge in [0.15, 0.2) is 10.8 Å². The number of rotatable bonds is 1. The van der Waals surface area contributed by atoms with Crippen molar-refractivity contribution in [3.63, 3.8) is 0 Å². The van der Waals surface area contributed by atoms with E-state index in [-0.39, 0.29) is 11.9 Å². The van der Waals surface area contributed by atoms with Crippen LogP contribution in [0.3, 0.4) is 0 Å². The monoisotopic (exact) mass is 308 g/mol. The van der Waals surface area contributed by atoms with E-state index >= 15 is 0 Å². The highest BCUT2D eigenvalue weighted by Gasteiger charge is 3.00. The summed E-state index contributed by atoms with van der Waals surface area (Å²) in [6.07, 6.45) is -0.216. The number of aliphatic imine (C=N–C) groups is 1. The number of hydrogen-bond donors (Lipinski definition) is 1. The normalized spacial score (nSPS) is 46.8. The second kappa shape index (κ2) is 3.91. The van der Waals surface area contributed by atoms with E-state index in [0.717, 1.165) is 5.56 Å². The van der Waals surface area contributed by atoms with Gasteiger partial charge in [0.25, 0.3) is 5.91 Å². The van der Waals surface area contributed by atoms with Gasteiger partial charge in [-0.15, -0.1) is 0 Å². The Bertz CT molecular complexity index is 810. The average molecular weight is 308 g/mol. The van der Waals surface area contributed by atoms with E-state index in [4.69, 9.17) is 15.2 Å². The van der Waals surface area contributed by atoms with Crippen molar-refractivity contribution in [3.8, 4) is 12.1 Å². The van der Waals surface area contributed by atoms with Crippen LogP contribution in [-0.2, 0) is 14.9 Å². The fraction of sp³-hybridized carbons (Fsp3) is 0.471. The Morgan fingerprint density at radius 1 is 1.26 bits per heavy atom. The maximum atomic E-state index is 10.1. The molecule has 1 aromatic rings. The van der Waals surface area contributed by atoms with Crippen molar-refractivity contribution < 1.29 is 9.47 Å². The fourth-order valence-corrected chi connectivity index (χ4v) is 4.60. The van der Waals surface area contributed by atoms with Gasteiger partial charge in [-0.3, -0.25) is 0 Å². The van der Waals surface area contributed by atoms with Crippen molar-refractivity contribution >= 4 is 5.84 Å². The predicted octanol–water partition coefficient (Wildman–Crippen LogP) is 1.44. The Balaban J connectivity index is 2.01. The second-order valence-corrected chi connectivity index (χ2v) is 6.53. The quantitative estimate of drug-likeness (QED) is 0.845. The Morgan fingerprint density at radius 3 is 2.48 bits per heavy atom. The van der Waals surface area contributed by atoms with Crippen LogP contribution < -0.4 is 5.73 Å². The largest absolute Gasteiger partial charge is 0.386 e. The van der Waals surface area contributed by atoms with E-state index in [2.05, 4.69) is 17.1 Å². The molecule has 116 valence electrons. The number of ether oxygens (including phenoxy) is 2. The SMILES string of the molecule is C[C@H]1CO[C@@]2(N=C(N)[C@@]3(C#N)[C@](C)(c4ccccc4)[C@@]23C#N)O1. The lowest BCUT2D eigenvalue weighted by molar-refractivity contribution is -0.196. The number of nitriles is 2. The number of benzene rings is 1. The van der Waals surface area contributed by atoms with E-state index in [1.54, 1.807) is 0 Å². The van der Waals surface area contributed by atoms with Crippen LogP contribution in [0.2, 0.25) is 0 Å². The maximum absolute atomic E-state index is 10.1. The molecule has 1 spiro atoms. The van der Waals surface area contributed by atoms with Crippen molar-refractivity contribution in [2.45, 2.75) is 31.3 Å². The molecule has 0 amide bonds. The first-order valence-electron chi connectivity index (χ1n) is 7.51. The van der Waals surface area contributed by atoms with Gasteiger partial charge in [0, 0.05) is 5.41 Å². The molecule has 0 radical (unpaired) electrons. The zero-order chi connectivity index (χ0) is 16.5. The molecule has 0 unspecified atom stereocenters. The average Bonchev–Trinajstić information content (AvgIpc) is 2.74. The first kappa shape index (κ1) is 14.2. The first-order valence-corrected chi connectivity index (χ1v) is 7.51. The van der Waals surface area contributed by atoms with Gasteiger partial charge in [0.05, 0.1) is 24.8 Å². The molecular weight excluding hydrogens is 292 g/mol. The number of hydrogen-bond acceptors (Lipinski definition) is 6.